The quantitative estimate of drug-likeness (QED) is 0.0195. The van der Waals surface area contributed by atoms with Gasteiger partial charge in [0, 0.05) is 12.8 Å². The van der Waals surface area contributed by atoms with E-state index in [2.05, 4.69) is 148 Å². The van der Waals surface area contributed by atoms with Gasteiger partial charge in [0.05, 0.1) is 40.3 Å². The van der Waals surface area contributed by atoms with Gasteiger partial charge in [-0.3, -0.25) is 9.59 Å². The molecular weight excluding hydrogens is 959 g/mol. The third-order valence-corrected chi connectivity index (χ3v) is 12.4. The number of hydrogen-bond acceptors (Lipinski definition) is 8. The average molecular weight is 1070 g/mol. The second-order valence-electron chi connectivity index (χ2n) is 20.9. The zero-order valence-electron chi connectivity index (χ0n) is 49.5. The highest BCUT2D eigenvalue weighted by atomic mass is 16.7. The molecule has 0 saturated carbocycles. The summed E-state index contributed by atoms with van der Waals surface area (Å²) >= 11 is 0. The fraction of sp³-hybridized carbons (Fsp3) is 0.632. The molecular formula is C68H111NO8. The van der Waals surface area contributed by atoms with Crippen molar-refractivity contribution in [1.29, 1.82) is 0 Å². The van der Waals surface area contributed by atoms with Crippen LogP contribution in [0.5, 0.6) is 0 Å². The number of carbonyl (C=O) groups excluding carboxylic acids is 3. The van der Waals surface area contributed by atoms with Gasteiger partial charge in [-0.05, 0) is 96.3 Å². The van der Waals surface area contributed by atoms with Gasteiger partial charge < -0.3 is 33.3 Å². The molecule has 2 unspecified atom stereocenters. The summed E-state index contributed by atoms with van der Waals surface area (Å²) in [5.41, 5.74) is 0. The van der Waals surface area contributed by atoms with E-state index < -0.39 is 24.3 Å². The third-order valence-electron chi connectivity index (χ3n) is 12.4. The second kappa shape index (κ2) is 57.6. The Bertz CT molecular complexity index is 1720. The minimum atomic E-state index is -1.63. The first-order valence-electron chi connectivity index (χ1n) is 30.3. The maximum atomic E-state index is 12.8. The number of rotatable bonds is 54. The molecule has 436 valence electrons. The summed E-state index contributed by atoms with van der Waals surface area (Å²) in [5, 5.41) is 11.7. The van der Waals surface area contributed by atoms with E-state index in [-0.39, 0.29) is 38.6 Å². The number of ether oxygens (including phenoxy) is 4. The normalized spacial score (nSPS) is 13.7. The molecule has 0 radical (unpaired) electrons. The molecule has 0 aromatic heterocycles. The Kier molecular flexibility index (Phi) is 54.2. The number of carbonyl (C=O) groups is 3. The summed E-state index contributed by atoms with van der Waals surface area (Å²) in [7, 11) is 5.90. The number of unbranched alkanes of at least 4 members (excludes halogenated alkanes) is 17. The number of esters is 2. The second-order valence-corrected chi connectivity index (χ2v) is 20.9. The zero-order chi connectivity index (χ0) is 56.2. The lowest BCUT2D eigenvalue weighted by Crippen LogP contribution is -2.44. The van der Waals surface area contributed by atoms with Crippen molar-refractivity contribution in [2.75, 3.05) is 47.5 Å². The van der Waals surface area contributed by atoms with Crippen LogP contribution in [0.25, 0.3) is 0 Å². The number of hydrogen-bond donors (Lipinski definition) is 0. The molecule has 0 saturated heterocycles. The van der Waals surface area contributed by atoms with Crippen LogP contribution >= 0.6 is 0 Å². The average Bonchev–Trinajstić information content (AvgIpc) is 3.40. The van der Waals surface area contributed by atoms with Crippen LogP contribution in [0.15, 0.2) is 134 Å². The first kappa shape index (κ1) is 72.4. The molecule has 0 aliphatic heterocycles. The molecule has 2 atom stereocenters. The van der Waals surface area contributed by atoms with Gasteiger partial charge in [0.15, 0.2) is 12.4 Å². The lowest BCUT2D eigenvalue weighted by molar-refractivity contribution is -0.870. The largest absolute Gasteiger partial charge is 0.545 e. The fourth-order valence-electron chi connectivity index (χ4n) is 7.78. The van der Waals surface area contributed by atoms with Crippen LogP contribution in [0.4, 0.5) is 0 Å². The van der Waals surface area contributed by atoms with Crippen LogP contribution in [0, 0.1) is 0 Å². The van der Waals surface area contributed by atoms with Crippen molar-refractivity contribution >= 4 is 17.9 Å². The van der Waals surface area contributed by atoms with E-state index in [1.54, 1.807) is 0 Å². The molecule has 0 fully saturated rings. The molecule has 0 N–H and O–H groups in total. The van der Waals surface area contributed by atoms with Crippen LogP contribution in [0.1, 0.15) is 219 Å². The van der Waals surface area contributed by atoms with E-state index in [0.717, 1.165) is 116 Å². The van der Waals surface area contributed by atoms with E-state index in [0.29, 0.717) is 17.4 Å². The van der Waals surface area contributed by atoms with Gasteiger partial charge in [-0.2, -0.15) is 0 Å². The first-order chi connectivity index (χ1) is 37.6. The van der Waals surface area contributed by atoms with E-state index in [4.69, 9.17) is 18.9 Å². The van der Waals surface area contributed by atoms with Crippen molar-refractivity contribution in [1.82, 2.24) is 0 Å². The summed E-state index contributed by atoms with van der Waals surface area (Å²) in [6.07, 6.45) is 79.5. The van der Waals surface area contributed by atoms with Crippen molar-refractivity contribution < 1.29 is 42.9 Å². The number of allylic oxidation sites excluding steroid dienone is 22. The van der Waals surface area contributed by atoms with Crippen molar-refractivity contribution in [2.45, 2.75) is 232 Å². The van der Waals surface area contributed by atoms with E-state index in [1.165, 1.54) is 70.6 Å². The number of nitrogens with zero attached hydrogens (tertiary/aromatic N) is 1. The van der Waals surface area contributed by atoms with Crippen molar-refractivity contribution in [3.05, 3.63) is 134 Å². The molecule has 0 rings (SSSR count). The van der Waals surface area contributed by atoms with Crippen LogP contribution in [0.3, 0.4) is 0 Å². The fourth-order valence-corrected chi connectivity index (χ4v) is 7.78. The molecule has 0 aliphatic rings. The van der Waals surface area contributed by atoms with Gasteiger partial charge in [-0.25, -0.2) is 0 Å². The lowest BCUT2D eigenvalue weighted by atomic mass is 10.1. The summed E-state index contributed by atoms with van der Waals surface area (Å²) in [4.78, 5) is 37.2. The predicted molar refractivity (Wildman–Crippen MR) is 324 cm³/mol. The molecule has 77 heavy (non-hydrogen) atoms. The van der Waals surface area contributed by atoms with Crippen molar-refractivity contribution in [3.63, 3.8) is 0 Å². The Balaban J connectivity index is 4.15. The van der Waals surface area contributed by atoms with Crippen LogP contribution in [0.2, 0.25) is 0 Å². The van der Waals surface area contributed by atoms with Gasteiger partial charge in [0.2, 0.25) is 0 Å². The Morgan fingerprint density at radius 2 is 0.740 bits per heavy atom. The molecule has 9 heteroatoms. The maximum Gasteiger partial charge on any atom is 0.306 e. The van der Waals surface area contributed by atoms with Crippen molar-refractivity contribution in [2.24, 2.45) is 0 Å². The highest BCUT2D eigenvalue weighted by Crippen LogP contribution is 2.14. The summed E-state index contributed by atoms with van der Waals surface area (Å²) in [5.74, 6) is -2.31. The monoisotopic (exact) mass is 1070 g/mol. The smallest absolute Gasteiger partial charge is 0.306 e. The highest BCUT2D eigenvalue weighted by molar-refractivity contribution is 5.70. The first-order valence-corrected chi connectivity index (χ1v) is 30.3. The van der Waals surface area contributed by atoms with Crippen LogP contribution < -0.4 is 5.11 Å². The number of carboxylic acids is 1. The Labute approximate surface area is 471 Å². The molecule has 9 nitrogen and oxygen atoms in total. The summed E-state index contributed by atoms with van der Waals surface area (Å²) in [6.45, 7) is 4.59. The lowest BCUT2D eigenvalue weighted by Gasteiger charge is -2.26. The number of aliphatic carboxylic acids is 1. The van der Waals surface area contributed by atoms with Crippen LogP contribution in [-0.2, 0) is 33.3 Å². The summed E-state index contributed by atoms with van der Waals surface area (Å²) in [6, 6.07) is 0. The third kappa shape index (κ3) is 58.9. The number of carboxylic acid groups (broad SMARTS) is 1. The van der Waals surface area contributed by atoms with Gasteiger partial charge >= 0.3 is 11.9 Å². The predicted octanol–water partition coefficient (Wildman–Crippen LogP) is 16.9. The molecule has 0 aromatic carbocycles. The Hall–Kier alpha value is -4.57. The van der Waals surface area contributed by atoms with Gasteiger partial charge in [-0.15, -0.1) is 0 Å². The Morgan fingerprint density at radius 1 is 0.403 bits per heavy atom. The minimum Gasteiger partial charge on any atom is -0.545 e. The molecule has 0 aliphatic carbocycles. The molecule has 0 aromatic rings. The van der Waals surface area contributed by atoms with Gasteiger partial charge in [-0.1, -0.05) is 244 Å². The Morgan fingerprint density at radius 3 is 1.10 bits per heavy atom. The summed E-state index contributed by atoms with van der Waals surface area (Å²) < 4.78 is 22.6. The van der Waals surface area contributed by atoms with Gasteiger partial charge in [0.25, 0.3) is 0 Å². The molecule has 0 bridgehead atoms. The minimum absolute atomic E-state index is 0.140. The van der Waals surface area contributed by atoms with E-state index in [1.807, 2.05) is 21.1 Å². The standard InChI is InChI=1S/C68H111NO8/c1-6-8-10-12-14-16-18-19-20-21-22-23-24-25-26-27-28-29-30-31-32-33-34-35-36-37-38-39-40-41-42-43-44-45-46-47-49-51-53-55-57-59-66(71)77-64(63-76-68(67(72)73)74-61-60-69(3,4)5)62-75-65(70)58-56-54-52-50-48-17-15-13-11-9-7-2/h8,10,14,16,19-20,22-23,25-26,28-29,31-32,34-35,37-38,40-41,43-44,64,68H,6-7,9,11-13,15,17-18,21,24,27,30,33,36,39,42,45-63H2,1-5H3/b10-8-,16-14-,20-19-,23-22-,26-25-,29-28-,32-31-,35-34-,38-37-,41-40-,44-43-. The zero-order valence-corrected chi connectivity index (χ0v) is 49.5. The maximum absolute atomic E-state index is 12.8. The SMILES string of the molecule is CC/C=C\C/C=C\C/C=C\C/C=C\C/C=C\C/C=C\C/C=C\C/C=C\C/C=C\C/C=C\C/C=C\CCCCCCCCCC(=O)OC(COC(=O)CCCCCCCCCCCCC)COC(OCC[N+](C)(C)C)C(=O)[O-]. The number of quaternary nitrogens is 1. The van der Waals surface area contributed by atoms with E-state index in [9.17, 15) is 19.5 Å². The molecule has 0 heterocycles. The highest BCUT2D eigenvalue weighted by Gasteiger charge is 2.22. The number of likely N-dealkylation sites (N-methyl/N-ethyl adjacent to an activating group) is 1. The molecule has 0 spiro atoms. The molecule has 0 amide bonds. The van der Waals surface area contributed by atoms with Crippen molar-refractivity contribution in [3.8, 4) is 0 Å². The topological polar surface area (TPSA) is 111 Å². The van der Waals surface area contributed by atoms with E-state index >= 15 is 0 Å². The van der Waals surface area contributed by atoms with Gasteiger partial charge in [0.1, 0.15) is 13.2 Å². The van der Waals surface area contributed by atoms with Crippen LogP contribution in [-0.4, -0.2) is 82.3 Å².